The molecule has 0 spiro atoms. The monoisotopic (exact) mass is 381 g/mol. The van der Waals surface area contributed by atoms with Crippen molar-refractivity contribution < 1.29 is 9.53 Å². The van der Waals surface area contributed by atoms with Gasteiger partial charge in [0.1, 0.15) is 0 Å². The maximum Gasteiger partial charge on any atom is 0.320 e. The van der Waals surface area contributed by atoms with Gasteiger partial charge in [-0.15, -0.1) is 0 Å². The summed E-state index contributed by atoms with van der Waals surface area (Å²) in [5.41, 5.74) is 0. The number of nitrogens with zero attached hydrogens (tertiary/aromatic N) is 1. The second-order valence-corrected chi connectivity index (χ2v) is 7.70. The van der Waals surface area contributed by atoms with Crippen LogP contribution in [0.2, 0.25) is 0 Å². The average molecular weight is 382 g/mol. The minimum absolute atomic E-state index is 0.0585. The number of esters is 1. The third-order valence-corrected chi connectivity index (χ3v) is 4.96. The Bertz CT molecular complexity index is 325. The molecule has 0 saturated heterocycles. The Kier molecular flexibility index (Phi) is 20.8. The van der Waals surface area contributed by atoms with Crippen LogP contribution in [0.15, 0.2) is 12.2 Å². The van der Waals surface area contributed by atoms with Crippen molar-refractivity contribution in [1.82, 2.24) is 4.90 Å². The third kappa shape index (κ3) is 19.7. The number of hydrogen-bond acceptors (Lipinski definition) is 3. The lowest BCUT2D eigenvalue weighted by atomic mass is 10.1. The Labute approximate surface area is 169 Å². The molecule has 0 rings (SSSR count). The van der Waals surface area contributed by atoms with Crippen molar-refractivity contribution in [2.45, 2.75) is 111 Å². The van der Waals surface area contributed by atoms with Gasteiger partial charge in [-0.2, -0.15) is 0 Å². The Balaban J connectivity index is 4.05. The molecule has 0 aliphatic heterocycles. The first-order valence-electron chi connectivity index (χ1n) is 11.8. The van der Waals surface area contributed by atoms with Crippen molar-refractivity contribution in [2.24, 2.45) is 0 Å². The van der Waals surface area contributed by atoms with Crippen LogP contribution in [0.3, 0.4) is 0 Å². The fourth-order valence-electron chi connectivity index (χ4n) is 3.25. The molecule has 0 amide bonds. The number of carbonyl (C=O) groups excluding carboxylic acids is 1. The van der Waals surface area contributed by atoms with Crippen LogP contribution in [0.5, 0.6) is 0 Å². The summed E-state index contributed by atoms with van der Waals surface area (Å²) in [6, 6.07) is 0. The Hall–Kier alpha value is -0.830. The van der Waals surface area contributed by atoms with Crippen molar-refractivity contribution >= 4 is 5.97 Å². The summed E-state index contributed by atoms with van der Waals surface area (Å²) in [5, 5.41) is 0. The van der Waals surface area contributed by atoms with Gasteiger partial charge in [-0.1, -0.05) is 97.1 Å². The highest BCUT2D eigenvalue weighted by Crippen LogP contribution is 2.09. The fraction of sp³-hybridized carbons (Fsp3) is 0.875. The summed E-state index contributed by atoms with van der Waals surface area (Å²) in [5.74, 6) is -0.0585. The number of carbonyl (C=O) groups is 1. The van der Waals surface area contributed by atoms with Crippen LogP contribution in [-0.2, 0) is 9.53 Å². The van der Waals surface area contributed by atoms with E-state index in [9.17, 15) is 4.79 Å². The zero-order valence-corrected chi connectivity index (χ0v) is 18.6. The van der Waals surface area contributed by atoms with Gasteiger partial charge in [0.25, 0.3) is 0 Å². The van der Waals surface area contributed by atoms with Crippen molar-refractivity contribution in [3.63, 3.8) is 0 Å². The molecule has 0 aromatic carbocycles. The van der Waals surface area contributed by atoms with E-state index < -0.39 is 0 Å². The molecule has 27 heavy (non-hydrogen) atoms. The summed E-state index contributed by atoms with van der Waals surface area (Å²) < 4.78 is 5.41. The molecule has 0 aromatic heterocycles. The van der Waals surface area contributed by atoms with Gasteiger partial charge in [0, 0.05) is 0 Å². The van der Waals surface area contributed by atoms with Gasteiger partial charge < -0.3 is 4.74 Å². The van der Waals surface area contributed by atoms with Crippen molar-refractivity contribution in [3.8, 4) is 0 Å². The molecule has 0 aliphatic rings. The molecule has 0 unspecified atom stereocenters. The highest BCUT2D eigenvalue weighted by Gasteiger charge is 2.11. The van der Waals surface area contributed by atoms with Gasteiger partial charge in [-0.3, -0.25) is 9.69 Å². The zero-order chi connectivity index (χ0) is 20.0. The first-order valence-corrected chi connectivity index (χ1v) is 11.8. The van der Waals surface area contributed by atoms with E-state index in [0.717, 1.165) is 25.9 Å². The number of hydrogen-bond donors (Lipinski definition) is 0. The predicted molar refractivity (Wildman–Crippen MR) is 118 cm³/mol. The van der Waals surface area contributed by atoms with Gasteiger partial charge in [0.15, 0.2) is 0 Å². The Morgan fingerprint density at radius 3 is 1.78 bits per heavy atom. The molecule has 0 radical (unpaired) electrons. The summed E-state index contributed by atoms with van der Waals surface area (Å²) in [4.78, 5) is 14.5. The first kappa shape index (κ1) is 26.2. The average Bonchev–Trinajstić information content (AvgIpc) is 2.66. The Morgan fingerprint density at radius 1 is 0.741 bits per heavy atom. The standard InChI is InChI=1S/C24H47NO2/c1-4-7-10-13-15-17-20-25(21-18-16-14-11-8-5-2)23-24(26)27-22-19-12-9-6-3/h9,12H,4-8,10-11,13-23H2,1-3H3/b12-9-. The van der Waals surface area contributed by atoms with E-state index in [0.29, 0.717) is 13.2 Å². The van der Waals surface area contributed by atoms with Gasteiger partial charge in [-0.05, 0) is 38.8 Å². The molecule has 0 heterocycles. The van der Waals surface area contributed by atoms with E-state index in [2.05, 4.69) is 37.8 Å². The Morgan fingerprint density at radius 2 is 1.26 bits per heavy atom. The lowest BCUT2D eigenvalue weighted by Crippen LogP contribution is -2.33. The molecule has 0 N–H and O–H groups in total. The van der Waals surface area contributed by atoms with Gasteiger partial charge in [-0.25, -0.2) is 0 Å². The van der Waals surface area contributed by atoms with Crippen LogP contribution in [0.1, 0.15) is 111 Å². The fourth-order valence-corrected chi connectivity index (χ4v) is 3.25. The largest absolute Gasteiger partial charge is 0.464 e. The summed E-state index contributed by atoms with van der Waals surface area (Å²) in [7, 11) is 0. The first-order chi connectivity index (χ1) is 13.2. The molecular formula is C24H47NO2. The maximum atomic E-state index is 12.1. The number of rotatable bonds is 20. The maximum absolute atomic E-state index is 12.1. The van der Waals surface area contributed by atoms with E-state index in [1.165, 1.54) is 77.0 Å². The smallest absolute Gasteiger partial charge is 0.320 e. The highest BCUT2D eigenvalue weighted by atomic mass is 16.5. The van der Waals surface area contributed by atoms with Crippen LogP contribution in [0.4, 0.5) is 0 Å². The van der Waals surface area contributed by atoms with Gasteiger partial charge in [0.2, 0.25) is 0 Å². The van der Waals surface area contributed by atoms with E-state index in [-0.39, 0.29) is 5.97 Å². The normalized spacial score (nSPS) is 11.6. The van der Waals surface area contributed by atoms with Crippen molar-refractivity contribution in [3.05, 3.63) is 12.2 Å². The second-order valence-electron chi connectivity index (χ2n) is 7.70. The zero-order valence-electron chi connectivity index (χ0n) is 18.6. The molecule has 0 bridgehead atoms. The second kappa shape index (κ2) is 21.5. The van der Waals surface area contributed by atoms with Gasteiger partial charge in [0.05, 0.1) is 13.2 Å². The summed E-state index contributed by atoms with van der Waals surface area (Å²) in [6.45, 7) is 9.67. The minimum Gasteiger partial charge on any atom is -0.464 e. The lowest BCUT2D eigenvalue weighted by Gasteiger charge is -2.21. The van der Waals surface area contributed by atoms with Crippen LogP contribution in [0.25, 0.3) is 0 Å². The predicted octanol–water partition coefficient (Wildman–Crippen LogP) is 6.91. The van der Waals surface area contributed by atoms with Crippen LogP contribution >= 0.6 is 0 Å². The van der Waals surface area contributed by atoms with Crippen LogP contribution in [0, 0.1) is 0 Å². The molecule has 3 nitrogen and oxygen atoms in total. The molecule has 3 heteroatoms. The highest BCUT2D eigenvalue weighted by molar-refractivity contribution is 5.71. The van der Waals surface area contributed by atoms with E-state index in [4.69, 9.17) is 4.74 Å². The summed E-state index contributed by atoms with van der Waals surface area (Å²) >= 11 is 0. The SMILES string of the molecule is CC/C=C\CCOC(=O)CN(CCCCCCCC)CCCCCCCC. The molecule has 0 aromatic rings. The number of allylic oxidation sites excluding steroid dienone is 1. The van der Waals surface area contributed by atoms with Gasteiger partial charge >= 0.3 is 5.97 Å². The van der Waals surface area contributed by atoms with Crippen molar-refractivity contribution in [1.29, 1.82) is 0 Å². The number of ether oxygens (including phenoxy) is 1. The van der Waals surface area contributed by atoms with E-state index in [1.807, 2.05) is 0 Å². The molecule has 160 valence electrons. The van der Waals surface area contributed by atoms with E-state index >= 15 is 0 Å². The van der Waals surface area contributed by atoms with Crippen LogP contribution in [-0.4, -0.2) is 37.1 Å². The van der Waals surface area contributed by atoms with Crippen molar-refractivity contribution in [2.75, 3.05) is 26.2 Å². The third-order valence-electron chi connectivity index (χ3n) is 4.96. The summed E-state index contributed by atoms with van der Waals surface area (Å²) in [6.07, 6.45) is 21.7. The molecule has 0 saturated carbocycles. The lowest BCUT2D eigenvalue weighted by molar-refractivity contribution is -0.144. The quantitative estimate of drug-likeness (QED) is 0.130. The van der Waals surface area contributed by atoms with Crippen LogP contribution < -0.4 is 0 Å². The molecule has 0 atom stereocenters. The van der Waals surface area contributed by atoms with E-state index in [1.54, 1.807) is 0 Å². The molecule has 0 aliphatic carbocycles. The number of unbranched alkanes of at least 4 members (excludes halogenated alkanes) is 10. The topological polar surface area (TPSA) is 29.5 Å². The molecule has 0 fully saturated rings. The minimum atomic E-state index is -0.0585. The molecular weight excluding hydrogens is 334 g/mol.